The molecule has 0 bridgehead atoms. The van der Waals surface area contributed by atoms with Crippen molar-refractivity contribution in [3.8, 4) is 11.5 Å². The van der Waals surface area contributed by atoms with Crippen molar-refractivity contribution >= 4 is 51.3 Å². The molecule has 0 aliphatic rings. The Balaban J connectivity index is 1.53. The average molecular weight is 614 g/mol. The SMILES string of the molecule is COc1cc(C=NNC(=O)C(O)(c2ccccc2)c2ccccc2)c(Br)cc1OCc1ccc(Cl)cc1Cl. The Morgan fingerprint density at radius 3 is 2.18 bits per heavy atom. The predicted molar refractivity (Wildman–Crippen MR) is 153 cm³/mol. The number of aliphatic hydroxyl groups is 1. The molecule has 0 atom stereocenters. The molecule has 0 unspecified atom stereocenters. The van der Waals surface area contributed by atoms with E-state index in [2.05, 4.69) is 26.5 Å². The number of methoxy groups -OCH3 is 1. The molecule has 0 aromatic heterocycles. The van der Waals surface area contributed by atoms with Gasteiger partial charge in [0.1, 0.15) is 6.61 Å². The van der Waals surface area contributed by atoms with Gasteiger partial charge in [0.2, 0.25) is 0 Å². The van der Waals surface area contributed by atoms with E-state index in [-0.39, 0.29) is 6.61 Å². The van der Waals surface area contributed by atoms with Crippen molar-refractivity contribution in [1.29, 1.82) is 0 Å². The van der Waals surface area contributed by atoms with Crippen LogP contribution in [0.1, 0.15) is 22.3 Å². The van der Waals surface area contributed by atoms with Crippen LogP contribution in [0, 0.1) is 0 Å². The van der Waals surface area contributed by atoms with E-state index in [9.17, 15) is 9.90 Å². The van der Waals surface area contributed by atoms with Gasteiger partial charge in [0, 0.05) is 25.6 Å². The highest BCUT2D eigenvalue weighted by atomic mass is 79.9. The molecule has 6 nitrogen and oxygen atoms in total. The molecule has 1 amide bonds. The van der Waals surface area contributed by atoms with Crippen LogP contribution in [0.15, 0.2) is 101 Å². The first kappa shape index (κ1) is 27.7. The van der Waals surface area contributed by atoms with E-state index in [1.165, 1.54) is 13.3 Å². The lowest BCUT2D eigenvalue weighted by Gasteiger charge is -2.27. The highest BCUT2D eigenvalue weighted by Crippen LogP contribution is 2.34. The minimum Gasteiger partial charge on any atom is -0.493 e. The quantitative estimate of drug-likeness (QED) is 0.162. The number of rotatable bonds is 9. The fourth-order valence-corrected chi connectivity index (χ4v) is 4.63. The maximum Gasteiger partial charge on any atom is 0.281 e. The first-order valence-electron chi connectivity index (χ1n) is 11.4. The number of halogens is 3. The molecule has 9 heteroatoms. The molecule has 38 heavy (non-hydrogen) atoms. The number of ether oxygens (including phenoxy) is 2. The van der Waals surface area contributed by atoms with Gasteiger partial charge in [-0.1, -0.05) is 89.9 Å². The third-order valence-electron chi connectivity index (χ3n) is 5.76. The van der Waals surface area contributed by atoms with Gasteiger partial charge >= 0.3 is 0 Å². The number of hydrazone groups is 1. The summed E-state index contributed by atoms with van der Waals surface area (Å²) in [6.07, 6.45) is 1.45. The third-order valence-corrected chi connectivity index (χ3v) is 7.04. The molecule has 0 heterocycles. The van der Waals surface area contributed by atoms with Gasteiger partial charge in [-0.15, -0.1) is 0 Å². The highest BCUT2D eigenvalue weighted by molar-refractivity contribution is 9.10. The molecular formula is C29H23BrCl2N2O4. The van der Waals surface area contributed by atoms with Crippen LogP contribution in [0.4, 0.5) is 0 Å². The minimum atomic E-state index is -1.94. The van der Waals surface area contributed by atoms with Crippen LogP contribution < -0.4 is 14.9 Å². The van der Waals surface area contributed by atoms with E-state index in [0.29, 0.717) is 42.7 Å². The van der Waals surface area contributed by atoms with Crippen molar-refractivity contribution < 1.29 is 19.4 Å². The van der Waals surface area contributed by atoms with Crippen LogP contribution in [0.25, 0.3) is 0 Å². The summed E-state index contributed by atoms with van der Waals surface area (Å²) in [5.74, 6) is 0.235. The number of carbonyl (C=O) groups excluding carboxylic acids is 1. The van der Waals surface area contributed by atoms with Crippen LogP contribution in [0.2, 0.25) is 10.0 Å². The summed E-state index contributed by atoms with van der Waals surface area (Å²) in [5, 5.41) is 16.7. The second kappa shape index (κ2) is 12.5. The molecule has 4 rings (SSSR count). The summed E-state index contributed by atoms with van der Waals surface area (Å²) in [6.45, 7) is 0.208. The van der Waals surface area contributed by atoms with Gasteiger partial charge in [-0.05, 0) is 51.3 Å². The second-order valence-corrected chi connectivity index (χ2v) is 9.89. The zero-order chi connectivity index (χ0) is 27.1. The van der Waals surface area contributed by atoms with E-state index < -0.39 is 11.5 Å². The van der Waals surface area contributed by atoms with E-state index in [1.807, 2.05) is 12.1 Å². The van der Waals surface area contributed by atoms with Crippen LogP contribution in [-0.2, 0) is 17.0 Å². The number of benzene rings is 4. The molecule has 194 valence electrons. The van der Waals surface area contributed by atoms with Crippen molar-refractivity contribution in [2.75, 3.05) is 7.11 Å². The Morgan fingerprint density at radius 2 is 1.61 bits per heavy atom. The largest absolute Gasteiger partial charge is 0.493 e. The zero-order valence-corrected chi connectivity index (χ0v) is 23.3. The maximum absolute atomic E-state index is 13.2. The standard InChI is InChI=1S/C29H23BrCl2N2O4/c1-37-26-14-20(24(30)16-27(26)38-18-19-12-13-23(31)15-25(19)32)17-33-34-28(35)29(36,21-8-4-2-5-9-21)22-10-6-3-7-11-22/h2-17,36H,18H2,1H3,(H,34,35). The Kier molecular flexibility index (Phi) is 9.07. The Labute approximate surface area is 238 Å². The topological polar surface area (TPSA) is 80.2 Å². The summed E-state index contributed by atoms with van der Waals surface area (Å²) < 4.78 is 12.1. The lowest BCUT2D eigenvalue weighted by Crippen LogP contribution is -2.43. The summed E-state index contributed by atoms with van der Waals surface area (Å²) in [4.78, 5) is 13.2. The van der Waals surface area contributed by atoms with Gasteiger partial charge in [-0.25, -0.2) is 5.43 Å². The van der Waals surface area contributed by atoms with Crippen molar-refractivity contribution in [2.24, 2.45) is 5.10 Å². The molecule has 0 aliphatic heterocycles. The molecule has 2 N–H and O–H groups in total. The second-order valence-electron chi connectivity index (χ2n) is 8.19. The molecule has 4 aromatic rings. The number of nitrogens with one attached hydrogen (secondary N) is 1. The van der Waals surface area contributed by atoms with Gasteiger partial charge in [-0.3, -0.25) is 4.79 Å². The van der Waals surface area contributed by atoms with Crippen LogP contribution >= 0.6 is 39.1 Å². The fraction of sp³-hybridized carbons (Fsp3) is 0.103. The fourth-order valence-electron chi connectivity index (χ4n) is 3.75. The summed E-state index contributed by atoms with van der Waals surface area (Å²) in [5.41, 5.74) is 2.76. The smallest absolute Gasteiger partial charge is 0.281 e. The van der Waals surface area contributed by atoms with E-state index in [4.69, 9.17) is 32.7 Å². The molecule has 0 spiro atoms. The van der Waals surface area contributed by atoms with Gasteiger partial charge in [0.25, 0.3) is 5.91 Å². The molecular weight excluding hydrogens is 591 g/mol. The summed E-state index contributed by atoms with van der Waals surface area (Å²) in [6, 6.07) is 26.0. The number of amides is 1. The van der Waals surface area contributed by atoms with E-state index in [1.54, 1.807) is 78.9 Å². The van der Waals surface area contributed by atoms with Crippen molar-refractivity contribution in [3.05, 3.63) is 128 Å². The number of nitrogens with zero attached hydrogens (tertiary/aromatic N) is 1. The van der Waals surface area contributed by atoms with Gasteiger partial charge in [0.05, 0.1) is 13.3 Å². The van der Waals surface area contributed by atoms with Crippen LogP contribution in [0.5, 0.6) is 11.5 Å². The minimum absolute atomic E-state index is 0.208. The molecule has 0 saturated carbocycles. The van der Waals surface area contributed by atoms with Gasteiger partial charge in [-0.2, -0.15) is 5.10 Å². The predicted octanol–water partition coefficient (Wildman–Crippen LogP) is 6.73. The number of hydrogen-bond acceptors (Lipinski definition) is 5. The van der Waals surface area contributed by atoms with Crippen molar-refractivity contribution in [1.82, 2.24) is 5.43 Å². The number of carbonyl (C=O) groups is 1. The average Bonchev–Trinajstić information content (AvgIpc) is 2.94. The van der Waals surface area contributed by atoms with Gasteiger partial charge in [0.15, 0.2) is 17.1 Å². The lowest BCUT2D eigenvalue weighted by atomic mass is 9.85. The Morgan fingerprint density at radius 1 is 0.974 bits per heavy atom. The van der Waals surface area contributed by atoms with E-state index in [0.717, 1.165) is 5.56 Å². The van der Waals surface area contributed by atoms with E-state index >= 15 is 0 Å². The number of hydrogen-bond donors (Lipinski definition) is 2. The Bertz CT molecular complexity index is 1410. The Hall–Kier alpha value is -3.36. The summed E-state index contributed by atoms with van der Waals surface area (Å²) in [7, 11) is 1.52. The first-order valence-corrected chi connectivity index (χ1v) is 13.0. The first-order chi connectivity index (χ1) is 18.3. The zero-order valence-electron chi connectivity index (χ0n) is 20.2. The van der Waals surface area contributed by atoms with Crippen molar-refractivity contribution in [3.63, 3.8) is 0 Å². The summed E-state index contributed by atoms with van der Waals surface area (Å²) >= 11 is 15.7. The van der Waals surface area contributed by atoms with Crippen molar-refractivity contribution in [2.45, 2.75) is 12.2 Å². The monoisotopic (exact) mass is 612 g/mol. The molecule has 0 fully saturated rings. The van der Waals surface area contributed by atoms with Crippen LogP contribution in [0.3, 0.4) is 0 Å². The molecule has 0 radical (unpaired) electrons. The molecule has 4 aromatic carbocycles. The van der Waals surface area contributed by atoms with Gasteiger partial charge < -0.3 is 14.6 Å². The normalized spacial score (nSPS) is 11.4. The third kappa shape index (κ3) is 6.19. The maximum atomic E-state index is 13.2. The highest BCUT2D eigenvalue weighted by Gasteiger charge is 2.39. The van der Waals surface area contributed by atoms with Crippen LogP contribution in [-0.4, -0.2) is 24.3 Å². The molecule has 0 saturated heterocycles. The molecule has 0 aliphatic carbocycles. The lowest BCUT2D eigenvalue weighted by molar-refractivity contribution is -0.136.